The molecule has 154 valence electrons. The summed E-state index contributed by atoms with van der Waals surface area (Å²) in [5, 5.41) is 3.09. The van der Waals surface area contributed by atoms with Crippen LogP contribution in [0.1, 0.15) is 49.3 Å². The number of hydrogen-bond donors (Lipinski definition) is 1. The van der Waals surface area contributed by atoms with Crippen LogP contribution in [-0.4, -0.2) is 28.8 Å². The lowest BCUT2D eigenvalue weighted by Gasteiger charge is -2.30. The van der Waals surface area contributed by atoms with Crippen molar-refractivity contribution in [1.29, 1.82) is 0 Å². The molecule has 2 aromatic rings. The predicted octanol–water partition coefficient (Wildman–Crippen LogP) is 4.15. The second-order valence-electron chi connectivity index (χ2n) is 7.92. The van der Waals surface area contributed by atoms with E-state index < -0.39 is 6.04 Å². The Morgan fingerprint density at radius 3 is 2.41 bits per heavy atom. The molecule has 1 fully saturated rings. The van der Waals surface area contributed by atoms with E-state index in [4.69, 9.17) is 0 Å². The second-order valence-corrected chi connectivity index (χ2v) is 7.92. The van der Waals surface area contributed by atoms with Gasteiger partial charge >= 0.3 is 0 Å². The molecule has 5 heteroatoms. The molecule has 1 aliphatic rings. The van der Waals surface area contributed by atoms with Crippen LogP contribution in [0.15, 0.2) is 48.5 Å². The fraction of sp³-hybridized carbons (Fsp3) is 0.417. The van der Waals surface area contributed by atoms with Crippen LogP contribution in [0.5, 0.6) is 0 Å². The molecule has 0 aromatic heterocycles. The molecule has 0 unspecified atom stereocenters. The van der Waals surface area contributed by atoms with E-state index in [-0.39, 0.29) is 36.6 Å². The lowest BCUT2D eigenvalue weighted by molar-refractivity contribution is -0.140. The summed E-state index contributed by atoms with van der Waals surface area (Å²) in [6.07, 6.45) is 4.48. The molecule has 1 saturated carbocycles. The third kappa shape index (κ3) is 5.66. The SMILES string of the molecule is Cc1ccccc1CC(=O)N(Cc1ccc(F)cc1)[C@H](C)C(=O)NC1CCCC1. The molecule has 3 rings (SSSR count). The van der Waals surface area contributed by atoms with Crippen LogP contribution in [0.2, 0.25) is 0 Å². The zero-order valence-corrected chi connectivity index (χ0v) is 17.2. The van der Waals surface area contributed by atoms with Crippen molar-refractivity contribution >= 4 is 11.8 Å². The maximum atomic E-state index is 13.3. The Labute approximate surface area is 172 Å². The predicted molar refractivity (Wildman–Crippen MR) is 112 cm³/mol. The molecule has 1 aliphatic carbocycles. The number of carbonyl (C=O) groups excluding carboxylic acids is 2. The molecular weight excluding hydrogens is 367 g/mol. The zero-order valence-electron chi connectivity index (χ0n) is 17.2. The van der Waals surface area contributed by atoms with E-state index in [1.165, 1.54) is 12.1 Å². The molecule has 2 aromatic carbocycles. The summed E-state index contributed by atoms with van der Waals surface area (Å²) in [5.74, 6) is -0.562. The van der Waals surface area contributed by atoms with Crippen molar-refractivity contribution in [2.75, 3.05) is 0 Å². The summed E-state index contributed by atoms with van der Waals surface area (Å²) in [7, 11) is 0. The molecule has 0 spiro atoms. The van der Waals surface area contributed by atoms with Crippen LogP contribution in [0.4, 0.5) is 4.39 Å². The van der Waals surface area contributed by atoms with E-state index in [1.54, 1.807) is 24.0 Å². The van der Waals surface area contributed by atoms with Gasteiger partial charge in [0.2, 0.25) is 11.8 Å². The number of halogens is 1. The molecule has 0 bridgehead atoms. The van der Waals surface area contributed by atoms with Gasteiger partial charge in [-0.3, -0.25) is 9.59 Å². The molecule has 0 saturated heterocycles. The Morgan fingerprint density at radius 2 is 1.76 bits per heavy atom. The summed E-state index contributed by atoms with van der Waals surface area (Å²) in [6.45, 7) is 4.01. The summed E-state index contributed by atoms with van der Waals surface area (Å²) >= 11 is 0. The molecule has 0 heterocycles. The van der Waals surface area contributed by atoms with Crippen LogP contribution in [-0.2, 0) is 22.6 Å². The molecule has 29 heavy (non-hydrogen) atoms. The van der Waals surface area contributed by atoms with E-state index in [0.717, 1.165) is 42.4 Å². The van der Waals surface area contributed by atoms with Gasteiger partial charge in [0.25, 0.3) is 0 Å². The Balaban J connectivity index is 1.77. The van der Waals surface area contributed by atoms with Gasteiger partial charge in [-0.15, -0.1) is 0 Å². The van der Waals surface area contributed by atoms with E-state index in [2.05, 4.69) is 5.32 Å². The first kappa shape index (κ1) is 21.0. The second kappa shape index (κ2) is 9.68. The van der Waals surface area contributed by atoms with E-state index in [9.17, 15) is 14.0 Å². The number of carbonyl (C=O) groups is 2. The monoisotopic (exact) mass is 396 g/mol. The fourth-order valence-electron chi connectivity index (χ4n) is 3.83. The lowest BCUT2D eigenvalue weighted by atomic mass is 10.0. The standard InChI is InChI=1S/C24H29FN2O2/c1-17-7-3-4-8-20(17)15-23(28)27(16-19-11-13-21(25)14-12-19)18(2)24(29)26-22-9-5-6-10-22/h3-4,7-8,11-14,18,22H,5-6,9-10,15-16H2,1-2H3,(H,26,29)/t18-/m1/s1. The van der Waals surface area contributed by atoms with E-state index in [1.807, 2.05) is 31.2 Å². The van der Waals surface area contributed by atoms with Gasteiger partial charge in [-0.2, -0.15) is 0 Å². The molecule has 2 amide bonds. The van der Waals surface area contributed by atoms with Gasteiger partial charge < -0.3 is 10.2 Å². The van der Waals surface area contributed by atoms with Gasteiger partial charge in [-0.1, -0.05) is 49.2 Å². The first-order chi connectivity index (χ1) is 13.9. The Morgan fingerprint density at radius 1 is 1.10 bits per heavy atom. The van der Waals surface area contributed by atoms with Crippen LogP contribution >= 0.6 is 0 Å². The highest BCUT2D eigenvalue weighted by Crippen LogP contribution is 2.19. The molecule has 1 N–H and O–H groups in total. The maximum Gasteiger partial charge on any atom is 0.242 e. The summed E-state index contributed by atoms with van der Waals surface area (Å²) in [4.78, 5) is 27.6. The number of benzene rings is 2. The topological polar surface area (TPSA) is 49.4 Å². The minimum Gasteiger partial charge on any atom is -0.352 e. The number of nitrogens with zero attached hydrogens (tertiary/aromatic N) is 1. The molecule has 0 radical (unpaired) electrons. The molecule has 1 atom stereocenters. The third-order valence-corrected chi connectivity index (χ3v) is 5.74. The average molecular weight is 397 g/mol. The van der Waals surface area contributed by atoms with Crippen molar-refractivity contribution in [3.63, 3.8) is 0 Å². The highest BCUT2D eigenvalue weighted by Gasteiger charge is 2.28. The van der Waals surface area contributed by atoms with Gasteiger partial charge in [-0.05, 0) is 55.5 Å². The first-order valence-electron chi connectivity index (χ1n) is 10.3. The summed E-state index contributed by atoms with van der Waals surface area (Å²) in [6, 6.07) is 13.4. The van der Waals surface area contributed by atoms with Crippen molar-refractivity contribution in [1.82, 2.24) is 10.2 Å². The van der Waals surface area contributed by atoms with Gasteiger partial charge in [0.1, 0.15) is 11.9 Å². The van der Waals surface area contributed by atoms with E-state index >= 15 is 0 Å². The van der Waals surface area contributed by atoms with Crippen LogP contribution in [0, 0.1) is 12.7 Å². The first-order valence-corrected chi connectivity index (χ1v) is 10.3. The highest BCUT2D eigenvalue weighted by atomic mass is 19.1. The van der Waals surface area contributed by atoms with Crippen molar-refractivity contribution in [2.45, 2.75) is 64.6 Å². The molecule has 4 nitrogen and oxygen atoms in total. The van der Waals surface area contributed by atoms with Crippen molar-refractivity contribution in [3.8, 4) is 0 Å². The van der Waals surface area contributed by atoms with Gasteiger partial charge in [0.15, 0.2) is 0 Å². The van der Waals surface area contributed by atoms with Crippen molar-refractivity contribution in [3.05, 3.63) is 71.0 Å². The van der Waals surface area contributed by atoms with Crippen molar-refractivity contribution in [2.24, 2.45) is 0 Å². The number of hydrogen-bond acceptors (Lipinski definition) is 2. The zero-order chi connectivity index (χ0) is 20.8. The quantitative estimate of drug-likeness (QED) is 0.764. The maximum absolute atomic E-state index is 13.3. The highest BCUT2D eigenvalue weighted by molar-refractivity contribution is 5.88. The minimum absolute atomic E-state index is 0.113. The average Bonchev–Trinajstić information content (AvgIpc) is 3.21. The number of amides is 2. The third-order valence-electron chi connectivity index (χ3n) is 5.74. The smallest absolute Gasteiger partial charge is 0.242 e. The number of nitrogens with one attached hydrogen (secondary N) is 1. The molecular formula is C24H29FN2O2. The van der Waals surface area contributed by atoms with Crippen molar-refractivity contribution < 1.29 is 14.0 Å². The number of aryl methyl sites for hydroxylation is 1. The minimum atomic E-state index is -0.600. The van der Waals surface area contributed by atoms with Crippen LogP contribution < -0.4 is 5.32 Å². The molecule has 0 aliphatic heterocycles. The lowest BCUT2D eigenvalue weighted by Crippen LogP contribution is -2.50. The fourth-order valence-corrected chi connectivity index (χ4v) is 3.83. The van der Waals surface area contributed by atoms with Crippen LogP contribution in [0.3, 0.4) is 0 Å². The van der Waals surface area contributed by atoms with Gasteiger partial charge in [0, 0.05) is 12.6 Å². The Bertz CT molecular complexity index is 844. The van der Waals surface area contributed by atoms with Gasteiger partial charge in [-0.25, -0.2) is 4.39 Å². The Hall–Kier alpha value is -2.69. The van der Waals surface area contributed by atoms with Crippen LogP contribution in [0.25, 0.3) is 0 Å². The Kier molecular flexibility index (Phi) is 7.02. The van der Waals surface area contributed by atoms with Gasteiger partial charge in [0.05, 0.1) is 6.42 Å². The number of rotatable bonds is 7. The normalized spacial score (nSPS) is 15.1. The van der Waals surface area contributed by atoms with E-state index in [0.29, 0.717) is 0 Å². The summed E-state index contributed by atoms with van der Waals surface area (Å²) < 4.78 is 13.3. The summed E-state index contributed by atoms with van der Waals surface area (Å²) in [5.41, 5.74) is 2.79. The largest absolute Gasteiger partial charge is 0.352 e.